The Morgan fingerprint density at radius 3 is 0.630 bits per heavy atom. The van der Waals surface area contributed by atoms with Gasteiger partial charge in [-0.3, -0.25) is 37.3 Å². The van der Waals surface area contributed by atoms with E-state index in [1.807, 2.05) is 0 Å². The van der Waals surface area contributed by atoms with Crippen molar-refractivity contribution in [3.8, 4) is 0 Å². The predicted octanol–water partition coefficient (Wildman–Crippen LogP) is 27.4. The Bertz CT molecular complexity index is 2060. The van der Waals surface area contributed by atoms with Gasteiger partial charge in [-0.05, 0) is 37.5 Å². The normalized spacial score (nSPS) is 13.8. The molecule has 0 bridgehead atoms. The van der Waals surface area contributed by atoms with Gasteiger partial charge >= 0.3 is 39.5 Å². The van der Waals surface area contributed by atoms with E-state index in [0.29, 0.717) is 31.6 Å². The maximum atomic E-state index is 13.2. The molecule has 108 heavy (non-hydrogen) atoms. The van der Waals surface area contributed by atoms with Gasteiger partial charge in [0.2, 0.25) is 0 Å². The van der Waals surface area contributed by atoms with Gasteiger partial charge in [-0.25, -0.2) is 9.13 Å². The molecule has 0 aromatic rings. The third-order valence-corrected chi connectivity index (χ3v) is 22.9. The molecule has 642 valence electrons. The van der Waals surface area contributed by atoms with Crippen LogP contribution in [0, 0.1) is 11.8 Å². The van der Waals surface area contributed by atoms with E-state index in [2.05, 4.69) is 41.5 Å². The monoisotopic (exact) mass is 1580 g/mol. The fourth-order valence-corrected chi connectivity index (χ4v) is 15.5. The molecule has 5 atom stereocenters. The van der Waals surface area contributed by atoms with E-state index in [1.165, 1.54) is 289 Å². The standard InChI is InChI=1S/C89H174O17P2/c1-7-9-11-13-15-17-19-21-23-25-27-28-30-32-36-40-44-48-54-61-67-73-88(93)105-84(77-99-86(91)71-65-59-53-47-43-39-35-31-29-26-24-22-20-18-16-14-12-10-8-2)79-103-107(95,96)101-75-83(90)76-102-108(97,98)104-80-85(78-100-87(92)72-66-60-56-50-52-58-64-70-82(5)6)106-89(94)74-68-62-55-49-45-41-37-33-34-38-42-46-51-57-63-69-81(3)4/h81-85,90H,7-80H2,1-6H3,(H,95,96)(H,97,98)/t83-,84-,85-/m1/s1. The third kappa shape index (κ3) is 82.1. The third-order valence-electron chi connectivity index (χ3n) is 21.0. The molecule has 3 N–H and O–H groups in total. The van der Waals surface area contributed by atoms with Gasteiger partial charge < -0.3 is 33.8 Å². The Balaban J connectivity index is 5.22. The molecule has 2 unspecified atom stereocenters. The van der Waals surface area contributed by atoms with Crippen LogP contribution in [-0.2, 0) is 65.4 Å². The summed E-state index contributed by atoms with van der Waals surface area (Å²) < 4.78 is 69.0. The second-order valence-corrected chi connectivity index (χ2v) is 35.8. The maximum absolute atomic E-state index is 13.2. The van der Waals surface area contributed by atoms with E-state index >= 15 is 0 Å². The number of hydrogen-bond acceptors (Lipinski definition) is 15. The Kier molecular flexibility index (Phi) is 78.8. The van der Waals surface area contributed by atoms with Gasteiger partial charge in [0.15, 0.2) is 12.2 Å². The number of esters is 4. The number of rotatable bonds is 88. The van der Waals surface area contributed by atoms with Crippen LogP contribution in [0.1, 0.15) is 478 Å². The van der Waals surface area contributed by atoms with Crippen LogP contribution in [0.5, 0.6) is 0 Å². The zero-order valence-corrected chi connectivity index (χ0v) is 73.0. The lowest BCUT2D eigenvalue weighted by molar-refractivity contribution is -0.161. The molecule has 0 fully saturated rings. The molecule has 0 heterocycles. The summed E-state index contributed by atoms with van der Waals surface area (Å²) in [5.74, 6) is -0.593. The first-order valence-electron chi connectivity index (χ1n) is 46.0. The lowest BCUT2D eigenvalue weighted by atomic mass is 10.0. The number of aliphatic hydroxyl groups excluding tert-OH is 1. The summed E-state index contributed by atoms with van der Waals surface area (Å²) in [6, 6.07) is 0. The van der Waals surface area contributed by atoms with E-state index in [4.69, 9.17) is 37.0 Å². The minimum atomic E-state index is -4.97. The van der Waals surface area contributed by atoms with Crippen molar-refractivity contribution >= 4 is 39.5 Å². The van der Waals surface area contributed by atoms with E-state index in [-0.39, 0.29) is 25.7 Å². The van der Waals surface area contributed by atoms with Crippen LogP contribution >= 0.6 is 15.6 Å². The van der Waals surface area contributed by atoms with Crippen LogP contribution in [-0.4, -0.2) is 96.7 Å². The number of phosphoric ester groups is 2. The minimum absolute atomic E-state index is 0.107. The molecule has 0 rings (SSSR count). The topological polar surface area (TPSA) is 237 Å². The van der Waals surface area contributed by atoms with Crippen LogP contribution in [0.4, 0.5) is 0 Å². The summed E-state index contributed by atoms with van der Waals surface area (Å²) in [5, 5.41) is 10.7. The van der Waals surface area contributed by atoms with Crippen molar-refractivity contribution in [3.63, 3.8) is 0 Å². The van der Waals surface area contributed by atoms with Gasteiger partial charge in [0.05, 0.1) is 26.4 Å². The van der Waals surface area contributed by atoms with Gasteiger partial charge in [-0.15, -0.1) is 0 Å². The number of hydrogen-bond donors (Lipinski definition) is 3. The summed E-state index contributed by atoms with van der Waals surface area (Å²) in [4.78, 5) is 73.3. The zero-order chi connectivity index (χ0) is 79.2. The van der Waals surface area contributed by atoms with Crippen LogP contribution in [0.15, 0.2) is 0 Å². The smallest absolute Gasteiger partial charge is 0.462 e. The molecule has 19 heteroatoms. The summed E-state index contributed by atoms with van der Waals surface area (Å²) in [6.45, 7) is 9.66. The Morgan fingerprint density at radius 1 is 0.250 bits per heavy atom. The molecule has 0 aliphatic heterocycles. The van der Waals surface area contributed by atoms with Gasteiger partial charge in [0.1, 0.15) is 19.3 Å². The Morgan fingerprint density at radius 2 is 0.426 bits per heavy atom. The van der Waals surface area contributed by atoms with Crippen LogP contribution < -0.4 is 0 Å². The Labute approximate surface area is 664 Å². The molecule has 0 spiro atoms. The molecule has 0 aromatic carbocycles. The number of carbonyl (C=O) groups is 4. The van der Waals surface area contributed by atoms with Crippen molar-refractivity contribution in [2.75, 3.05) is 39.6 Å². The van der Waals surface area contributed by atoms with Crippen molar-refractivity contribution in [1.82, 2.24) is 0 Å². The van der Waals surface area contributed by atoms with Crippen molar-refractivity contribution < 1.29 is 80.2 Å². The summed E-state index contributed by atoms with van der Waals surface area (Å²) in [5.41, 5.74) is 0. The molecule has 0 aliphatic carbocycles. The highest BCUT2D eigenvalue weighted by Crippen LogP contribution is 2.45. The fraction of sp³-hybridized carbons (Fsp3) is 0.955. The SMILES string of the molecule is CCCCCCCCCCCCCCCCCCCCCCCC(=O)O[C@H](COC(=O)CCCCCCCCCCCCCCCCCCCCC)COP(=O)(O)OC[C@@H](O)COP(=O)(O)OC[C@@H](COC(=O)CCCCCCCCCC(C)C)OC(=O)CCCCCCCCCCCCCCCCCC(C)C. The van der Waals surface area contributed by atoms with Gasteiger partial charge in [0, 0.05) is 25.7 Å². The molecule has 0 radical (unpaired) electrons. The van der Waals surface area contributed by atoms with Gasteiger partial charge in [0.25, 0.3) is 0 Å². The zero-order valence-electron chi connectivity index (χ0n) is 71.2. The number of aliphatic hydroxyl groups is 1. The molecule has 0 saturated heterocycles. The van der Waals surface area contributed by atoms with Crippen molar-refractivity contribution in [3.05, 3.63) is 0 Å². The predicted molar refractivity (Wildman–Crippen MR) is 446 cm³/mol. The maximum Gasteiger partial charge on any atom is 0.472 e. The highest BCUT2D eigenvalue weighted by atomic mass is 31.2. The van der Waals surface area contributed by atoms with E-state index in [9.17, 15) is 43.2 Å². The van der Waals surface area contributed by atoms with Crippen molar-refractivity contribution in [2.45, 2.75) is 496 Å². The van der Waals surface area contributed by atoms with Crippen molar-refractivity contribution in [2.24, 2.45) is 11.8 Å². The number of unbranched alkanes of at least 4 members (excludes halogenated alkanes) is 58. The largest absolute Gasteiger partial charge is 0.472 e. The first-order valence-corrected chi connectivity index (χ1v) is 49.0. The summed E-state index contributed by atoms with van der Waals surface area (Å²) >= 11 is 0. The second kappa shape index (κ2) is 80.3. The highest BCUT2D eigenvalue weighted by Gasteiger charge is 2.31. The first-order chi connectivity index (χ1) is 52.4. The highest BCUT2D eigenvalue weighted by molar-refractivity contribution is 7.47. The molecule has 0 aromatic heterocycles. The molecular weight excluding hydrogens is 1400 g/mol. The van der Waals surface area contributed by atoms with Gasteiger partial charge in [-0.1, -0.05) is 427 Å². The first kappa shape index (κ1) is 106. The lowest BCUT2D eigenvalue weighted by Crippen LogP contribution is -2.30. The van der Waals surface area contributed by atoms with E-state index in [1.54, 1.807) is 0 Å². The van der Waals surface area contributed by atoms with Crippen LogP contribution in [0.25, 0.3) is 0 Å². The molecule has 17 nitrogen and oxygen atoms in total. The summed E-state index contributed by atoms with van der Waals surface area (Å²) in [6.07, 6.45) is 73.8. The lowest BCUT2D eigenvalue weighted by Gasteiger charge is -2.21. The van der Waals surface area contributed by atoms with Crippen molar-refractivity contribution in [1.29, 1.82) is 0 Å². The average molecular weight is 1580 g/mol. The second-order valence-electron chi connectivity index (χ2n) is 32.9. The van der Waals surface area contributed by atoms with Gasteiger partial charge in [-0.2, -0.15) is 0 Å². The number of carbonyl (C=O) groups excluding carboxylic acids is 4. The fourth-order valence-electron chi connectivity index (χ4n) is 14.0. The average Bonchev–Trinajstić information content (AvgIpc) is 0.900. The molecule has 0 saturated carbocycles. The van der Waals surface area contributed by atoms with E-state index < -0.39 is 97.5 Å². The minimum Gasteiger partial charge on any atom is -0.462 e. The number of phosphoric acid groups is 2. The summed E-state index contributed by atoms with van der Waals surface area (Å²) in [7, 11) is -9.93. The van der Waals surface area contributed by atoms with Crippen LogP contribution in [0.3, 0.4) is 0 Å². The Hall–Kier alpha value is -1.94. The molecule has 0 aliphatic rings. The number of ether oxygens (including phenoxy) is 4. The quantitative estimate of drug-likeness (QED) is 0.0222. The molecular formula is C89H174O17P2. The molecule has 0 amide bonds. The van der Waals surface area contributed by atoms with Crippen LogP contribution in [0.2, 0.25) is 0 Å². The van der Waals surface area contributed by atoms with E-state index in [0.717, 1.165) is 102 Å².